The molecule has 0 unspecified atom stereocenters. The van der Waals surface area contributed by atoms with E-state index in [2.05, 4.69) is 37.4 Å². The van der Waals surface area contributed by atoms with Gasteiger partial charge in [0.05, 0.1) is 18.7 Å². The van der Waals surface area contributed by atoms with Gasteiger partial charge in [-0.05, 0) is 62.2 Å². The molecule has 0 spiro atoms. The molecule has 0 fully saturated rings. The van der Waals surface area contributed by atoms with Gasteiger partial charge in [0.25, 0.3) is 0 Å². The number of aryl methyl sites for hydroxylation is 2. The van der Waals surface area contributed by atoms with E-state index in [1.807, 2.05) is 47.2 Å². The normalized spacial score (nSPS) is 10.6. The molecule has 0 saturated heterocycles. The summed E-state index contributed by atoms with van der Waals surface area (Å²) in [4.78, 5) is 18.1. The molecule has 2 aromatic carbocycles. The van der Waals surface area contributed by atoms with E-state index in [0.717, 1.165) is 33.3 Å². The average molecular weight is 442 g/mol. The van der Waals surface area contributed by atoms with Crippen LogP contribution < -0.4 is 10.1 Å². The number of nitrogens with zero attached hydrogens (tertiary/aromatic N) is 2. The maximum Gasteiger partial charge on any atom is 0.230 e. The molecule has 1 N–H and O–H groups in total. The van der Waals surface area contributed by atoms with Crippen LogP contribution in [0, 0.1) is 13.8 Å². The Morgan fingerprint density at radius 3 is 2.60 bits per heavy atom. The zero-order valence-electron chi connectivity index (χ0n) is 17.1. The lowest BCUT2D eigenvalue weighted by atomic mass is 10.0. The molecule has 7 heteroatoms. The van der Waals surface area contributed by atoms with Crippen LogP contribution in [0.2, 0.25) is 0 Å². The molecule has 0 aliphatic heterocycles. The summed E-state index contributed by atoms with van der Waals surface area (Å²) in [6, 6.07) is 13.8. The number of hydrogen-bond acceptors (Lipinski definition) is 4. The number of carbonyl (C=O) groups excluding carboxylic acids is 1. The number of halogens is 1. The summed E-state index contributed by atoms with van der Waals surface area (Å²) >= 11 is 1.55. The van der Waals surface area contributed by atoms with E-state index < -0.39 is 0 Å². The van der Waals surface area contributed by atoms with Gasteiger partial charge in [-0.2, -0.15) is 0 Å². The molecule has 4 rings (SSSR count). The fraction of sp³-hybridized carbons (Fsp3) is 0.217. The zero-order valence-corrected chi connectivity index (χ0v) is 18.8. The summed E-state index contributed by atoms with van der Waals surface area (Å²) in [6.45, 7) is 6.77. The number of amides is 1. The fourth-order valence-electron chi connectivity index (χ4n) is 3.17. The Morgan fingerprint density at radius 1 is 1.13 bits per heavy atom. The number of fused-ring (bicyclic) bond motifs is 1. The van der Waals surface area contributed by atoms with Crippen LogP contribution in [0.1, 0.15) is 23.7 Å². The van der Waals surface area contributed by atoms with Crippen LogP contribution in [0.25, 0.3) is 16.2 Å². The van der Waals surface area contributed by atoms with Crippen molar-refractivity contribution in [3.05, 3.63) is 70.9 Å². The smallest absolute Gasteiger partial charge is 0.230 e. The number of nitrogens with one attached hydrogen (secondary N) is 1. The molecule has 4 aromatic rings. The van der Waals surface area contributed by atoms with Gasteiger partial charge in [-0.3, -0.25) is 9.20 Å². The third kappa shape index (κ3) is 4.66. The van der Waals surface area contributed by atoms with Gasteiger partial charge in [0.2, 0.25) is 5.91 Å². The average Bonchev–Trinajstić information content (AvgIpc) is 3.28. The van der Waals surface area contributed by atoms with E-state index in [-0.39, 0.29) is 24.7 Å². The van der Waals surface area contributed by atoms with Crippen molar-refractivity contribution in [2.75, 3.05) is 11.9 Å². The van der Waals surface area contributed by atoms with Crippen molar-refractivity contribution in [3.63, 3.8) is 0 Å². The molecule has 30 heavy (non-hydrogen) atoms. The maximum atomic E-state index is 12.5. The first-order valence-electron chi connectivity index (χ1n) is 9.59. The summed E-state index contributed by atoms with van der Waals surface area (Å²) in [7, 11) is 0. The van der Waals surface area contributed by atoms with Crippen LogP contribution in [0.15, 0.2) is 54.0 Å². The lowest BCUT2D eigenvalue weighted by Gasteiger charge is -2.07. The third-order valence-corrected chi connectivity index (χ3v) is 5.77. The highest BCUT2D eigenvalue weighted by molar-refractivity contribution is 7.15. The second kappa shape index (κ2) is 9.32. The van der Waals surface area contributed by atoms with Crippen LogP contribution in [0.4, 0.5) is 5.69 Å². The van der Waals surface area contributed by atoms with Gasteiger partial charge in [0, 0.05) is 28.5 Å². The van der Waals surface area contributed by atoms with Gasteiger partial charge in [-0.15, -0.1) is 23.7 Å². The minimum absolute atomic E-state index is 0. The van der Waals surface area contributed by atoms with Crippen LogP contribution in [0.5, 0.6) is 5.75 Å². The molecule has 156 valence electrons. The van der Waals surface area contributed by atoms with E-state index in [0.29, 0.717) is 6.61 Å². The molecule has 5 nitrogen and oxygen atoms in total. The van der Waals surface area contributed by atoms with Crippen LogP contribution in [0.3, 0.4) is 0 Å². The lowest BCUT2D eigenvalue weighted by molar-refractivity contribution is -0.115. The molecular formula is C23H24ClN3O2S. The minimum atomic E-state index is -0.0599. The highest BCUT2D eigenvalue weighted by atomic mass is 35.5. The summed E-state index contributed by atoms with van der Waals surface area (Å²) in [5, 5.41) is 4.93. The lowest BCUT2D eigenvalue weighted by Crippen LogP contribution is -2.15. The Kier molecular flexibility index (Phi) is 6.80. The molecule has 0 bridgehead atoms. The van der Waals surface area contributed by atoms with E-state index in [4.69, 9.17) is 9.72 Å². The Morgan fingerprint density at radius 2 is 1.90 bits per heavy atom. The second-order valence-electron chi connectivity index (χ2n) is 6.99. The van der Waals surface area contributed by atoms with Gasteiger partial charge in [-0.1, -0.05) is 12.1 Å². The van der Waals surface area contributed by atoms with Crippen molar-refractivity contribution >= 4 is 40.3 Å². The van der Waals surface area contributed by atoms with Crippen molar-refractivity contribution in [1.82, 2.24) is 9.38 Å². The van der Waals surface area contributed by atoms with Crippen molar-refractivity contribution in [2.24, 2.45) is 0 Å². The first kappa shape index (κ1) is 21.9. The Balaban J connectivity index is 0.00000256. The minimum Gasteiger partial charge on any atom is -0.494 e. The van der Waals surface area contributed by atoms with Gasteiger partial charge < -0.3 is 10.1 Å². The van der Waals surface area contributed by atoms with Gasteiger partial charge in [0.15, 0.2) is 4.96 Å². The summed E-state index contributed by atoms with van der Waals surface area (Å²) in [6.07, 6.45) is 2.30. The molecule has 0 aliphatic rings. The Hall–Kier alpha value is -2.83. The fourth-order valence-corrected chi connectivity index (χ4v) is 4.04. The van der Waals surface area contributed by atoms with E-state index in [1.165, 1.54) is 11.1 Å². The van der Waals surface area contributed by atoms with Gasteiger partial charge in [0.1, 0.15) is 5.75 Å². The first-order chi connectivity index (χ1) is 14.0. The van der Waals surface area contributed by atoms with Crippen molar-refractivity contribution < 1.29 is 9.53 Å². The number of ether oxygens (including phenoxy) is 1. The number of aromatic nitrogens is 2. The van der Waals surface area contributed by atoms with Gasteiger partial charge >= 0.3 is 0 Å². The van der Waals surface area contributed by atoms with Crippen LogP contribution in [-0.4, -0.2) is 21.9 Å². The van der Waals surface area contributed by atoms with Crippen molar-refractivity contribution in [3.8, 4) is 17.0 Å². The van der Waals surface area contributed by atoms with Crippen LogP contribution in [-0.2, 0) is 11.2 Å². The molecule has 2 heterocycles. The zero-order chi connectivity index (χ0) is 20.4. The summed E-state index contributed by atoms with van der Waals surface area (Å²) < 4.78 is 7.44. The quantitative estimate of drug-likeness (QED) is 0.418. The Labute approximate surface area is 186 Å². The third-order valence-electron chi connectivity index (χ3n) is 4.88. The molecule has 0 atom stereocenters. The van der Waals surface area contributed by atoms with Gasteiger partial charge in [-0.25, -0.2) is 4.98 Å². The van der Waals surface area contributed by atoms with E-state index in [9.17, 15) is 4.79 Å². The largest absolute Gasteiger partial charge is 0.494 e. The molecular weight excluding hydrogens is 418 g/mol. The van der Waals surface area contributed by atoms with E-state index in [1.54, 1.807) is 11.3 Å². The number of rotatable bonds is 6. The molecule has 1 amide bonds. The predicted octanol–water partition coefficient (Wildman–Crippen LogP) is 5.68. The number of carbonyl (C=O) groups is 1. The molecule has 0 radical (unpaired) electrons. The number of anilines is 1. The number of thiazole rings is 1. The molecule has 0 aliphatic carbocycles. The summed E-state index contributed by atoms with van der Waals surface area (Å²) in [5.41, 5.74) is 6.21. The highest BCUT2D eigenvalue weighted by Crippen LogP contribution is 2.26. The molecule has 2 aromatic heterocycles. The van der Waals surface area contributed by atoms with Crippen molar-refractivity contribution in [2.45, 2.75) is 27.2 Å². The second-order valence-corrected chi connectivity index (χ2v) is 7.82. The highest BCUT2D eigenvalue weighted by Gasteiger charge is 2.13. The van der Waals surface area contributed by atoms with Crippen molar-refractivity contribution in [1.29, 1.82) is 0 Å². The first-order valence-corrected chi connectivity index (χ1v) is 10.5. The topological polar surface area (TPSA) is 55.6 Å². The molecule has 0 saturated carbocycles. The maximum absolute atomic E-state index is 12.5. The number of hydrogen-bond donors (Lipinski definition) is 1. The van der Waals surface area contributed by atoms with E-state index >= 15 is 0 Å². The SMILES string of the molecule is CCOc1ccc(NC(=O)Cc2csc3nc(-c4ccc(C)c(C)c4)cn23)cc1.Cl. The number of imidazole rings is 1. The standard InChI is InChI=1S/C23H23N3O2S.ClH/c1-4-28-20-9-7-18(8-10-20)24-22(27)12-19-14-29-23-25-21(13-26(19)23)17-6-5-15(2)16(3)11-17;/h5-11,13-14H,4,12H2,1-3H3,(H,24,27);1H. The Bertz CT molecular complexity index is 1170. The monoisotopic (exact) mass is 441 g/mol. The summed E-state index contributed by atoms with van der Waals surface area (Å²) in [5.74, 6) is 0.734. The van der Waals surface area contributed by atoms with Crippen LogP contribution >= 0.6 is 23.7 Å². The number of benzene rings is 2. The predicted molar refractivity (Wildman–Crippen MR) is 125 cm³/mol.